The fourth-order valence-corrected chi connectivity index (χ4v) is 5.14. The fraction of sp³-hybridized carbons (Fsp3) is 0.200. The second-order valence-corrected chi connectivity index (χ2v) is 9.96. The van der Waals surface area contributed by atoms with Crippen molar-refractivity contribution in [3.8, 4) is 23.0 Å². The molecular weight excluding hydrogens is 546 g/mol. The number of aliphatic hydroxyl groups is 1. The highest BCUT2D eigenvalue weighted by Crippen LogP contribution is 2.44. The maximum Gasteiger partial charge on any atom is 0.300 e. The molecule has 43 heavy (non-hydrogen) atoms. The van der Waals surface area contributed by atoms with Gasteiger partial charge in [-0.05, 0) is 85.1 Å². The van der Waals surface area contributed by atoms with Gasteiger partial charge in [-0.25, -0.2) is 0 Å². The lowest BCUT2D eigenvalue weighted by molar-refractivity contribution is -0.132. The molecule has 5 rings (SSSR count). The van der Waals surface area contributed by atoms with Crippen LogP contribution in [0.3, 0.4) is 0 Å². The first-order valence-electron chi connectivity index (χ1n) is 13.9. The van der Waals surface area contributed by atoms with Gasteiger partial charge in [-0.3, -0.25) is 14.5 Å². The normalized spacial score (nSPS) is 15.8. The van der Waals surface area contributed by atoms with E-state index in [0.29, 0.717) is 53.0 Å². The smallest absolute Gasteiger partial charge is 0.300 e. The number of ether oxygens (including phenoxy) is 4. The minimum atomic E-state index is -0.937. The van der Waals surface area contributed by atoms with Crippen LogP contribution in [-0.4, -0.2) is 37.6 Å². The van der Waals surface area contributed by atoms with E-state index < -0.39 is 17.7 Å². The summed E-state index contributed by atoms with van der Waals surface area (Å²) < 4.78 is 22.5. The number of benzene rings is 4. The first-order valence-corrected chi connectivity index (χ1v) is 13.9. The molecule has 1 unspecified atom stereocenters. The van der Waals surface area contributed by atoms with Gasteiger partial charge in [0.05, 0.1) is 32.4 Å². The third kappa shape index (κ3) is 5.90. The summed E-state index contributed by atoms with van der Waals surface area (Å²) in [5.41, 5.74) is 3.19. The van der Waals surface area contributed by atoms with E-state index in [2.05, 4.69) is 0 Å². The summed E-state index contributed by atoms with van der Waals surface area (Å²) in [6.07, 6.45) is 0. The summed E-state index contributed by atoms with van der Waals surface area (Å²) >= 11 is 0. The third-order valence-corrected chi connectivity index (χ3v) is 7.28. The number of carbonyl (C=O) groups excluding carboxylic acids is 2. The molecule has 1 N–H and O–H groups in total. The number of rotatable bonds is 10. The molecule has 4 aromatic rings. The maximum absolute atomic E-state index is 13.6. The molecule has 1 fully saturated rings. The van der Waals surface area contributed by atoms with E-state index in [1.54, 1.807) is 67.8 Å². The van der Waals surface area contributed by atoms with E-state index in [1.807, 2.05) is 44.2 Å². The lowest BCUT2D eigenvalue weighted by atomic mass is 9.94. The Morgan fingerprint density at radius 2 is 1.53 bits per heavy atom. The summed E-state index contributed by atoms with van der Waals surface area (Å²) in [4.78, 5) is 28.6. The number of nitrogens with zero attached hydrogens (tertiary/aromatic N) is 1. The third-order valence-electron chi connectivity index (χ3n) is 7.28. The number of amides is 1. The number of aryl methyl sites for hydroxylation is 1. The minimum Gasteiger partial charge on any atom is -0.507 e. The van der Waals surface area contributed by atoms with Gasteiger partial charge >= 0.3 is 0 Å². The molecule has 1 amide bonds. The largest absolute Gasteiger partial charge is 0.507 e. The molecule has 8 heteroatoms. The van der Waals surface area contributed by atoms with Gasteiger partial charge in [0.1, 0.15) is 23.9 Å². The quantitative estimate of drug-likeness (QED) is 0.128. The van der Waals surface area contributed by atoms with Crippen LogP contribution in [0.25, 0.3) is 5.76 Å². The average molecular weight is 580 g/mol. The average Bonchev–Trinajstić information content (AvgIpc) is 3.30. The Morgan fingerprint density at radius 1 is 0.814 bits per heavy atom. The molecule has 4 aromatic carbocycles. The van der Waals surface area contributed by atoms with Crippen molar-refractivity contribution in [2.75, 3.05) is 25.7 Å². The highest BCUT2D eigenvalue weighted by Gasteiger charge is 2.47. The molecule has 1 aliphatic heterocycles. The van der Waals surface area contributed by atoms with Gasteiger partial charge < -0.3 is 24.1 Å². The van der Waals surface area contributed by atoms with Gasteiger partial charge in [-0.15, -0.1) is 0 Å². The van der Waals surface area contributed by atoms with E-state index in [-0.39, 0.29) is 11.3 Å². The second-order valence-electron chi connectivity index (χ2n) is 9.96. The highest BCUT2D eigenvalue weighted by atomic mass is 16.5. The second kappa shape index (κ2) is 12.7. The van der Waals surface area contributed by atoms with Crippen LogP contribution >= 0.6 is 0 Å². The van der Waals surface area contributed by atoms with Crippen molar-refractivity contribution < 1.29 is 33.6 Å². The molecular formula is C35H33NO7. The first kappa shape index (κ1) is 29.3. The van der Waals surface area contributed by atoms with Crippen LogP contribution in [0.1, 0.15) is 35.2 Å². The first-order chi connectivity index (χ1) is 20.9. The molecule has 0 saturated carbocycles. The Balaban J connectivity index is 1.59. The molecule has 1 aliphatic rings. The molecule has 0 radical (unpaired) electrons. The van der Waals surface area contributed by atoms with Gasteiger partial charge in [-0.2, -0.15) is 0 Å². The fourth-order valence-electron chi connectivity index (χ4n) is 5.14. The molecule has 220 valence electrons. The number of methoxy groups -OCH3 is 2. The van der Waals surface area contributed by atoms with Crippen molar-refractivity contribution in [3.63, 3.8) is 0 Å². The zero-order chi connectivity index (χ0) is 30.5. The van der Waals surface area contributed by atoms with Crippen molar-refractivity contribution >= 4 is 23.1 Å². The van der Waals surface area contributed by atoms with Crippen molar-refractivity contribution in [3.05, 3.63) is 119 Å². The summed E-state index contributed by atoms with van der Waals surface area (Å²) in [6, 6.07) is 26.1. The maximum atomic E-state index is 13.6. The summed E-state index contributed by atoms with van der Waals surface area (Å²) in [5.74, 6) is 0.370. The van der Waals surface area contributed by atoms with Crippen LogP contribution in [0.2, 0.25) is 0 Å². The summed E-state index contributed by atoms with van der Waals surface area (Å²) in [5, 5.41) is 11.6. The highest BCUT2D eigenvalue weighted by molar-refractivity contribution is 6.51. The predicted octanol–water partition coefficient (Wildman–Crippen LogP) is 6.62. The summed E-state index contributed by atoms with van der Waals surface area (Å²) in [7, 11) is 3.09. The number of hydrogen-bond acceptors (Lipinski definition) is 7. The minimum absolute atomic E-state index is 0.0363. The Morgan fingerprint density at radius 3 is 2.19 bits per heavy atom. The van der Waals surface area contributed by atoms with Crippen LogP contribution in [0, 0.1) is 6.92 Å². The van der Waals surface area contributed by atoms with Crippen LogP contribution in [-0.2, 0) is 16.2 Å². The SMILES string of the molecule is CCOc1cc(C2/C(=C(/O)c3ccc(OCc4ccccc4)c(C)c3)C(=O)C(=O)N2c2ccc(OC)cc2)ccc1OC. The zero-order valence-electron chi connectivity index (χ0n) is 24.5. The molecule has 1 heterocycles. The molecule has 0 bridgehead atoms. The molecule has 0 aliphatic carbocycles. The Labute approximate surface area is 250 Å². The van der Waals surface area contributed by atoms with E-state index in [1.165, 1.54) is 12.0 Å². The Hall–Kier alpha value is -5.24. The standard InChI is InChI=1S/C35H33NO7/c1-5-42-30-20-24(11-18-29(30)41-4)32-31(34(38)35(39)36(32)26-13-15-27(40-3)16-14-26)33(37)25-12-17-28(22(2)19-25)43-21-23-9-7-6-8-10-23/h6-20,32,37H,5,21H2,1-4H3/b33-31-. The Kier molecular flexibility index (Phi) is 8.66. The molecule has 0 spiro atoms. The van der Waals surface area contributed by atoms with Crippen LogP contribution in [0.5, 0.6) is 23.0 Å². The molecule has 1 saturated heterocycles. The van der Waals surface area contributed by atoms with Crippen molar-refractivity contribution in [1.29, 1.82) is 0 Å². The molecule has 1 atom stereocenters. The number of ketones is 1. The van der Waals surface area contributed by atoms with Crippen LogP contribution < -0.4 is 23.8 Å². The van der Waals surface area contributed by atoms with Gasteiger partial charge in [0.2, 0.25) is 0 Å². The molecule has 0 aromatic heterocycles. The lowest BCUT2D eigenvalue weighted by Gasteiger charge is -2.26. The van der Waals surface area contributed by atoms with Crippen LogP contribution in [0.4, 0.5) is 5.69 Å². The van der Waals surface area contributed by atoms with E-state index in [4.69, 9.17) is 18.9 Å². The number of Topliss-reactive ketones (excluding diaryl/α,β-unsaturated/α-hetero) is 1. The topological polar surface area (TPSA) is 94.5 Å². The van der Waals surface area contributed by atoms with Gasteiger partial charge in [0, 0.05) is 11.3 Å². The number of hydrogen-bond donors (Lipinski definition) is 1. The van der Waals surface area contributed by atoms with Crippen molar-refractivity contribution in [1.82, 2.24) is 0 Å². The van der Waals surface area contributed by atoms with Crippen molar-refractivity contribution in [2.45, 2.75) is 26.5 Å². The number of anilines is 1. The number of carbonyl (C=O) groups is 2. The van der Waals surface area contributed by atoms with Gasteiger partial charge in [-0.1, -0.05) is 36.4 Å². The van der Waals surface area contributed by atoms with E-state index in [0.717, 1.165) is 11.1 Å². The zero-order valence-corrected chi connectivity index (χ0v) is 24.5. The van der Waals surface area contributed by atoms with E-state index >= 15 is 0 Å². The van der Waals surface area contributed by atoms with E-state index in [9.17, 15) is 14.7 Å². The summed E-state index contributed by atoms with van der Waals surface area (Å²) in [6.45, 7) is 4.49. The molecule has 8 nitrogen and oxygen atoms in total. The lowest BCUT2D eigenvalue weighted by Crippen LogP contribution is -2.29. The van der Waals surface area contributed by atoms with Gasteiger partial charge in [0.15, 0.2) is 11.5 Å². The number of aliphatic hydroxyl groups excluding tert-OH is 1. The monoisotopic (exact) mass is 579 g/mol. The van der Waals surface area contributed by atoms with Gasteiger partial charge in [0.25, 0.3) is 11.7 Å². The van der Waals surface area contributed by atoms with Crippen LogP contribution in [0.15, 0.2) is 96.6 Å². The Bertz CT molecular complexity index is 1660. The predicted molar refractivity (Wildman–Crippen MR) is 164 cm³/mol. The van der Waals surface area contributed by atoms with Crippen molar-refractivity contribution in [2.24, 2.45) is 0 Å².